The predicted octanol–water partition coefficient (Wildman–Crippen LogP) is 0.640. The van der Waals surface area contributed by atoms with Gasteiger partial charge in [-0.3, -0.25) is 9.69 Å². The first kappa shape index (κ1) is 24.8. The molecule has 33 heavy (non-hydrogen) atoms. The fourth-order valence-electron chi connectivity index (χ4n) is 3.30. The zero-order valence-corrected chi connectivity index (χ0v) is 19.2. The summed E-state index contributed by atoms with van der Waals surface area (Å²) in [5, 5.41) is 18.3. The molecule has 0 aliphatic heterocycles. The molecule has 0 saturated heterocycles. The third kappa shape index (κ3) is 5.40. The van der Waals surface area contributed by atoms with Crippen molar-refractivity contribution in [2.75, 3.05) is 53.6 Å². The van der Waals surface area contributed by atoms with E-state index in [9.17, 15) is 18.0 Å². The van der Waals surface area contributed by atoms with Crippen molar-refractivity contribution in [3.8, 4) is 0 Å². The van der Waals surface area contributed by atoms with Gasteiger partial charge in [0.05, 0.1) is 34.4 Å². The van der Waals surface area contributed by atoms with Gasteiger partial charge in [-0.1, -0.05) is 0 Å². The molecule has 0 fully saturated rings. The van der Waals surface area contributed by atoms with Crippen LogP contribution >= 0.6 is 0 Å². The van der Waals surface area contributed by atoms with Crippen LogP contribution < -0.4 is 5.43 Å². The Bertz CT molecular complexity index is 1310. The summed E-state index contributed by atoms with van der Waals surface area (Å²) >= 11 is 0. The normalized spacial score (nSPS) is 12.2. The summed E-state index contributed by atoms with van der Waals surface area (Å²) in [5.74, 6) is -0.645. The van der Waals surface area contributed by atoms with Crippen molar-refractivity contribution in [1.82, 2.24) is 9.21 Å². The highest BCUT2D eigenvalue weighted by Gasteiger charge is 2.20. The van der Waals surface area contributed by atoms with Crippen molar-refractivity contribution in [2.45, 2.75) is 4.90 Å². The van der Waals surface area contributed by atoms with Gasteiger partial charge >= 0.3 is 5.97 Å². The molecule has 0 bridgehead atoms. The van der Waals surface area contributed by atoms with Crippen LogP contribution in [0.2, 0.25) is 0 Å². The number of carbonyl (C=O) groups is 1. The standard InChI is InChI=1S/C22H26N2O8S/c1-23(2)33(29,30)16-4-6-20-18(14-16)21(27)17-13-15(3-5-19(17)32-20)22(28)31-12-9-24(7-10-25)8-11-26/h3-6,13-14,25-26H,7-12H2,1-2H3. The fraction of sp³-hybridized carbons (Fsp3) is 0.364. The fourth-order valence-corrected chi connectivity index (χ4v) is 4.23. The first-order valence-corrected chi connectivity index (χ1v) is 11.7. The summed E-state index contributed by atoms with van der Waals surface area (Å²) in [6, 6.07) is 8.38. The Balaban J connectivity index is 1.90. The molecule has 0 unspecified atom stereocenters. The van der Waals surface area contributed by atoms with Gasteiger partial charge in [0.1, 0.15) is 17.8 Å². The van der Waals surface area contributed by atoms with Gasteiger partial charge in [-0.2, -0.15) is 0 Å². The molecule has 0 amide bonds. The van der Waals surface area contributed by atoms with Crippen LogP contribution in [-0.2, 0) is 14.8 Å². The molecule has 1 aromatic heterocycles. The third-order valence-electron chi connectivity index (χ3n) is 5.13. The Hall–Kier alpha value is -2.83. The molecule has 0 spiro atoms. The van der Waals surface area contributed by atoms with Gasteiger partial charge in [-0.15, -0.1) is 0 Å². The van der Waals surface area contributed by atoms with Crippen molar-refractivity contribution < 1.29 is 32.6 Å². The molecule has 0 radical (unpaired) electrons. The number of rotatable bonds is 10. The first-order valence-electron chi connectivity index (χ1n) is 10.2. The van der Waals surface area contributed by atoms with Gasteiger partial charge in [0.2, 0.25) is 15.5 Å². The highest BCUT2D eigenvalue weighted by Crippen LogP contribution is 2.23. The number of fused-ring (bicyclic) bond motifs is 2. The lowest BCUT2D eigenvalue weighted by atomic mass is 10.1. The second-order valence-electron chi connectivity index (χ2n) is 7.51. The van der Waals surface area contributed by atoms with E-state index in [0.717, 1.165) is 4.31 Å². The van der Waals surface area contributed by atoms with E-state index in [1.54, 1.807) is 4.90 Å². The number of ether oxygens (including phenoxy) is 1. The minimum absolute atomic E-state index is 0.0367. The molecule has 2 N–H and O–H groups in total. The molecule has 178 valence electrons. The van der Waals surface area contributed by atoms with Gasteiger partial charge < -0.3 is 19.4 Å². The molecule has 1 heterocycles. The topological polar surface area (TPSA) is 138 Å². The van der Waals surface area contributed by atoms with E-state index in [1.807, 2.05) is 0 Å². The van der Waals surface area contributed by atoms with E-state index < -0.39 is 21.4 Å². The zero-order valence-electron chi connectivity index (χ0n) is 18.4. The number of aliphatic hydroxyl groups excluding tert-OH is 2. The smallest absolute Gasteiger partial charge is 0.338 e. The Kier molecular flexibility index (Phi) is 7.82. The number of benzene rings is 2. The highest BCUT2D eigenvalue weighted by atomic mass is 32.2. The van der Waals surface area contributed by atoms with Crippen molar-refractivity contribution >= 4 is 37.9 Å². The molecular weight excluding hydrogens is 452 g/mol. The summed E-state index contributed by atoms with van der Waals surface area (Å²) < 4.78 is 36.9. The molecule has 3 aromatic rings. The molecule has 2 aromatic carbocycles. The summed E-state index contributed by atoms with van der Waals surface area (Å²) in [7, 11) is -0.951. The van der Waals surface area contributed by atoms with Gasteiger partial charge in [-0.05, 0) is 36.4 Å². The lowest BCUT2D eigenvalue weighted by Gasteiger charge is -2.19. The average molecular weight is 479 g/mol. The van der Waals surface area contributed by atoms with E-state index in [2.05, 4.69) is 0 Å². The van der Waals surface area contributed by atoms with Crippen LogP contribution in [0.15, 0.2) is 50.5 Å². The van der Waals surface area contributed by atoms with E-state index in [0.29, 0.717) is 19.6 Å². The molecule has 0 atom stereocenters. The van der Waals surface area contributed by atoms with Gasteiger partial charge in [-0.25, -0.2) is 17.5 Å². The van der Waals surface area contributed by atoms with Crippen molar-refractivity contribution in [2.24, 2.45) is 0 Å². The van der Waals surface area contributed by atoms with Crippen LogP contribution in [0.1, 0.15) is 10.4 Å². The maximum absolute atomic E-state index is 13.1. The summed E-state index contributed by atoms with van der Waals surface area (Å²) in [4.78, 5) is 27.2. The van der Waals surface area contributed by atoms with Crippen LogP contribution in [0, 0.1) is 0 Å². The van der Waals surface area contributed by atoms with Crippen LogP contribution in [-0.4, -0.2) is 87.4 Å². The van der Waals surface area contributed by atoms with Crippen LogP contribution in [0.5, 0.6) is 0 Å². The molecule has 0 aliphatic rings. The molecule has 11 heteroatoms. The van der Waals surface area contributed by atoms with Crippen molar-refractivity contribution in [3.05, 3.63) is 52.2 Å². The maximum atomic E-state index is 13.1. The highest BCUT2D eigenvalue weighted by molar-refractivity contribution is 7.89. The van der Waals surface area contributed by atoms with E-state index in [4.69, 9.17) is 19.4 Å². The number of nitrogens with zero attached hydrogens (tertiary/aromatic N) is 2. The van der Waals surface area contributed by atoms with Gasteiger partial charge in [0.25, 0.3) is 0 Å². The Morgan fingerprint density at radius 2 is 1.58 bits per heavy atom. The number of hydrogen-bond acceptors (Lipinski definition) is 9. The van der Waals surface area contributed by atoms with Crippen molar-refractivity contribution in [1.29, 1.82) is 0 Å². The maximum Gasteiger partial charge on any atom is 0.338 e. The lowest BCUT2D eigenvalue weighted by Crippen LogP contribution is -2.33. The van der Waals surface area contributed by atoms with E-state index in [1.165, 1.54) is 50.5 Å². The Labute approximate surface area is 190 Å². The molecular formula is C22H26N2O8S. The molecule has 0 saturated carbocycles. The molecule has 3 rings (SSSR count). The second-order valence-corrected chi connectivity index (χ2v) is 9.66. The second kappa shape index (κ2) is 10.4. The summed E-state index contributed by atoms with van der Waals surface area (Å²) in [6.07, 6.45) is 0. The Morgan fingerprint density at radius 1 is 0.970 bits per heavy atom. The number of esters is 1. The Morgan fingerprint density at radius 3 is 2.18 bits per heavy atom. The molecule has 10 nitrogen and oxygen atoms in total. The minimum atomic E-state index is -3.74. The summed E-state index contributed by atoms with van der Waals surface area (Å²) in [5.41, 5.74) is 0.161. The average Bonchev–Trinajstić information content (AvgIpc) is 2.79. The lowest BCUT2D eigenvalue weighted by molar-refractivity contribution is 0.0443. The number of hydrogen-bond donors (Lipinski definition) is 2. The number of sulfonamides is 1. The number of carbonyl (C=O) groups excluding carboxylic acids is 1. The minimum Gasteiger partial charge on any atom is -0.461 e. The first-order chi connectivity index (χ1) is 15.7. The molecule has 0 aliphatic carbocycles. The third-order valence-corrected chi connectivity index (χ3v) is 6.94. The van der Waals surface area contributed by atoms with Crippen molar-refractivity contribution in [3.63, 3.8) is 0 Å². The monoisotopic (exact) mass is 478 g/mol. The van der Waals surface area contributed by atoms with Gasteiger partial charge in [0.15, 0.2) is 0 Å². The van der Waals surface area contributed by atoms with Gasteiger partial charge in [0, 0.05) is 33.7 Å². The van der Waals surface area contributed by atoms with Crippen LogP contribution in [0.25, 0.3) is 21.9 Å². The quantitative estimate of drug-likeness (QED) is 0.318. The van der Waals surface area contributed by atoms with Crippen LogP contribution in [0.4, 0.5) is 0 Å². The zero-order chi connectivity index (χ0) is 24.2. The largest absolute Gasteiger partial charge is 0.461 e. The SMILES string of the molecule is CN(C)S(=O)(=O)c1ccc2oc3ccc(C(=O)OCCN(CCO)CCO)cc3c(=O)c2c1. The summed E-state index contributed by atoms with van der Waals surface area (Å²) in [6.45, 7) is 0.882. The van der Waals surface area contributed by atoms with Crippen LogP contribution in [0.3, 0.4) is 0 Å². The van der Waals surface area contributed by atoms with E-state index >= 15 is 0 Å². The van der Waals surface area contributed by atoms with E-state index in [-0.39, 0.29) is 52.2 Å². The number of aliphatic hydroxyl groups is 2. The predicted molar refractivity (Wildman–Crippen MR) is 122 cm³/mol.